The van der Waals surface area contributed by atoms with Gasteiger partial charge in [-0.1, -0.05) is 11.6 Å². The molecule has 0 radical (unpaired) electrons. The summed E-state index contributed by atoms with van der Waals surface area (Å²) in [5, 5.41) is 2.06. The predicted molar refractivity (Wildman–Crippen MR) is 38.7 cm³/mol. The Balaban J connectivity index is 3.21. The molecule has 60 valence electrons. The third kappa shape index (κ3) is 1.57. The van der Waals surface area contributed by atoms with Crippen molar-refractivity contribution in [1.82, 2.24) is 4.98 Å². The summed E-state index contributed by atoms with van der Waals surface area (Å²) >= 11 is 5.24. The molecule has 1 N–H and O–H groups in total. The molecule has 0 spiro atoms. The van der Waals surface area contributed by atoms with Gasteiger partial charge in [-0.25, -0.2) is 4.39 Å². The van der Waals surface area contributed by atoms with Gasteiger partial charge in [0.2, 0.25) is 5.95 Å². The van der Waals surface area contributed by atoms with Crippen LogP contribution in [0.3, 0.4) is 0 Å². The molecule has 2 nitrogen and oxygen atoms in total. The Morgan fingerprint density at radius 3 is 2.73 bits per heavy atom. The number of anilines is 1. The number of nitrogens with one attached hydrogen (secondary N) is 1. The smallest absolute Gasteiger partial charge is 0.233 e. The number of halogens is 3. The van der Waals surface area contributed by atoms with Crippen molar-refractivity contribution in [3.63, 3.8) is 0 Å². The second-order valence-electron chi connectivity index (χ2n) is 1.84. The highest BCUT2D eigenvalue weighted by Gasteiger charge is 2.07. The summed E-state index contributed by atoms with van der Waals surface area (Å²) in [4.78, 5) is 3.21. The van der Waals surface area contributed by atoms with E-state index >= 15 is 0 Å². The molecule has 1 aromatic rings. The second-order valence-corrected chi connectivity index (χ2v) is 2.25. The van der Waals surface area contributed by atoms with Crippen LogP contribution in [0, 0.1) is 11.8 Å². The van der Waals surface area contributed by atoms with E-state index in [1.165, 1.54) is 7.05 Å². The monoisotopic (exact) mass is 178 g/mol. The maximum atomic E-state index is 12.7. The van der Waals surface area contributed by atoms with E-state index in [1.54, 1.807) is 0 Å². The van der Waals surface area contributed by atoms with Gasteiger partial charge in [-0.2, -0.15) is 9.37 Å². The molecule has 0 saturated carbocycles. The minimum Gasteiger partial charge on any atom is -0.371 e. The molecule has 0 fully saturated rings. The van der Waals surface area contributed by atoms with E-state index in [4.69, 9.17) is 11.6 Å². The summed E-state index contributed by atoms with van der Waals surface area (Å²) in [6.45, 7) is 0. The highest BCUT2D eigenvalue weighted by Crippen LogP contribution is 2.18. The summed E-state index contributed by atoms with van der Waals surface area (Å²) in [5.74, 6) is -1.69. The van der Waals surface area contributed by atoms with Gasteiger partial charge in [0.05, 0.1) is 5.02 Å². The van der Waals surface area contributed by atoms with Crippen LogP contribution in [-0.4, -0.2) is 12.0 Å². The molecule has 0 aliphatic rings. The Morgan fingerprint density at radius 2 is 2.18 bits per heavy atom. The maximum Gasteiger partial charge on any atom is 0.233 e. The van der Waals surface area contributed by atoms with Crippen molar-refractivity contribution >= 4 is 17.4 Å². The minimum absolute atomic E-state index is 0.146. The van der Waals surface area contributed by atoms with Gasteiger partial charge in [-0.3, -0.25) is 0 Å². The lowest BCUT2D eigenvalue weighted by molar-refractivity contribution is 0.564. The van der Waals surface area contributed by atoms with Crippen LogP contribution in [0.2, 0.25) is 5.02 Å². The fourth-order valence-electron chi connectivity index (χ4n) is 0.619. The van der Waals surface area contributed by atoms with E-state index in [0.29, 0.717) is 0 Å². The molecule has 0 amide bonds. The molecule has 0 saturated heterocycles. The average molecular weight is 179 g/mol. The first kappa shape index (κ1) is 8.20. The number of hydrogen-bond acceptors (Lipinski definition) is 2. The largest absolute Gasteiger partial charge is 0.371 e. The molecular formula is C6H5ClF2N2. The number of nitrogens with zero attached hydrogens (tertiary/aromatic N) is 1. The Labute approximate surface area is 67.2 Å². The minimum atomic E-state index is -0.877. The van der Waals surface area contributed by atoms with Gasteiger partial charge >= 0.3 is 0 Å². The first-order valence-electron chi connectivity index (χ1n) is 2.84. The van der Waals surface area contributed by atoms with Crippen molar-refractivity contribution in [2.45, 2.75) is 0 Å². The van der Waals surface area contributed by atoms with Crippen molar-refractivity contribution in [2.24, 2.45) is 0 Å². The highest BCUT2D eigenvalue weighted by molar-refractivity contribution is 6.30. The lowest BCUT2D eigenvalue weighted by atomic mass is 10.4. The first-order chi connectivity index (χ1) is 5.15. The van der Waals surface area contributed by atoms with E-state index in [1.807, 2.05) is 0 Å². The topological polar surface area (TPSA) is 24.9 Å². The van der Waals surface area contributed by atoms with E-state index in [9.17, 15) is 8.78 Å². The van der Waals surface area contributed by atoms with Crippen LogP contribution >= 0.6 is 11.6 Å². The molecule has 1 rings (SSSR count). The van der Waals surface area contributed by atoms with E-state index < -0.39 is 11.8 Å². The molecule has 0 aliphatic heterocycles. The van der Waals surface area contributed by atoms with Gasteiger partial charge < -0.3 is 5.32 Å². The van der Waals surface area contributed by atoms with Crippen LogP contribution in [0.1, 0.15) is 0 Å². The van der Waals surface area contributed by atoms with E-state index in [0.717, 1.165) is 6.07 Å². The van der Waals surface area contributed by atoms with Crippen molar-refractivity contribution in [3.05, 3.63) is 22.9 Å². The summed E-state index contributed by atoms with van der Waals surface area (Å²) in [5.41, 5.74) is 0. The van der Waals surface area contributed by atoms with Crippen molar-refractivity contribution in [1.29, 1.82) is 0 Å². The zero-order chi connectivity index (χ0) is 8.43. The quantitative estimate of drug-likeness (QED) is 0.666. The van der Waals surface area contributed by atoms with Gasteiger partial charge in [-0.05, 0) is 0 Å². The molecule has 11 heavy (non-hydrogen) atoms. The van der Waals surface area contributed by atoms with Crippen LogP contribution in [0.15, 0.2) is 6.07 Å². The zero-order valence-electron chi connectivity index (χ0n) is 5.66. The van der Waals surface area contributed by atoms with Crippen LogP contribution in [0.5, 0.6) is 0 Å². The summed E-state index contributed by atoms with van der Waals surface area (Å²) in [6, 6.07) is 0.871. The van der Waals surface area contributed by atoms with Gasteiger partial charge in [-0.15, -0.1) is 0 Å². The third-order valence-corrected chi connectivity index (χ3v) is 1.39. The average Bonchev–Trinajstić information content (AvgIpc) is 1.97. The molecule has 1 heterocycles. The van der Waals surface area contributed by atoms with Crippen molar-refractivity contribution < 1.29 is 8.78 Å². The predicted octanol–water partition coefficient (Wildman–Crippen LogP) is 2.05. The lowest BCUT2D eigenvalue weighted by Gasteiger charge is -2.00. The van der Waals surface area contributed by atoms with Crippen LogP contribution in [-0.2, 0) is 0 Å². The Kier molecular flexibility index (Phi) is 2.24. The SMILES string of the molecule is CNc1nc(F)c(Cl)cc1F. The number of pyridine rings is 1. The van der Waals surface area contributed by atoms with Crippen molar-refractivity contribution in [3.8, 4) is 0 Å². The molecular weight excluding hydrogens is 174 g/mol. The standard InChI is InChI=1S/C6H5ClF2N2/c1-10-6-4(8)2-3(7)5(9)11-6/h2H,1H3,(H,10,11). The van der Waals surface area contributed by atoms with E-state index in [-0.39, 0.29) is 10.8 Å². The van der Waals surface area contributed by atoms with Gasteiger partial charge in [0, 0.05) is 13.1 Å². The summed E-state index contributed by atoms with van der Waals surface area (Å²) in [6.07, 6.45) is 0. The number of rotatable bonds is 1. The molecule has 0 aromatic carbocycles. The Hall–Kier alpha value is -0.900. The molecule has 1 aromatic heterocycles. The van der Waals surface area contributed by atoms with Crippen molar-refractivity contribution in [2.75, 3.05) is 12.4 Å². The van der Waals surface area contributed by atoms with Crippen LogP contribution in [0.4, 0.5) is 14.6 Å². The highest BCUT2D eigenvalue weighted by atomic mass is 35.5. The lowest BCUT2D eigenvalue weighted by Crippen LogP contribution is -1.98. The summed E-state index contributed by atoms with van der Waals surface area (Å²) < 4.78 is 25.2. The van der Waals surface area contributed by atoms with Gasteiger partial charge in [0.1, 0.15) is 0 Å². The molecule has 0 bridgehead atoms. The number of hydrogen-bond donors (Lipinski definition) is 1. The maximum absolute atomic E-state index is 12.7. The normalized spacial score (nSPS) is 9.82. The van der Waals surface area contributed by atoms with Gasteiger partial charge in [0.25, 0.3) is 0 Å². The Bertz CT molecular complexity index is 278. The Morgan fingerprint density at radius 1 is 1.55 bits per heavy atom. The second kappa shape index (κ2) is 3.00. The molecule has 0 atom stereocenters. The zero-order valence-corrected chi connectivity index (χ0v) is 6.41. The fraction of sp³-hybridized carbons (Fsp3) is 0.167. The fourth-order valence-corrected chi connectivity index (χ4v) is 0.758. The van der Waals surface area contributed by atoms with Crippen LogP contribution < -0.4 is 5.32 Å². The molecule has 0 unspecified atom stereocenters. The molecule has 5 heteroatoms. The van der Waals surface area contributed by atoms with E-state index in [2.05, 4.69) is 10.3 Å². The summed E-state index contributed by atoms with van der Waals surface area (Å²) in [7, 11) is 1.44. The third-order valence-electron chi connectivity index (χ3n) is 1.12. The number of aromatic nitrogens is 1. The first-order valence-corrected chi connectivity index (χ1v) is 3.22. The van der Waals surface area contributed by atoms with Gasteiger partial charge in [0.15, 0.2) is 11.6 Å². The molecule has 0 aliphatic carbocycles. The van der Waals surface area contributed by atoms with Crippen LogP contribution in [0.25, 0.3) is 0 Å².